The van der Waals surface area contributed by atoms with Gasteiger partial charge < -0.3 is 19.3 Å². The van der Waals surface area contributed by atoms with Gasteiger partial charge in [-0.15, -0.1) is 0 Å². The Morgan fingerprint density at radius 2 is 1.74 bits per heavy atom. The summed E-state index contributed by atoms with van der Waals surface area (Å²) in [4.78, 5) is 21.7. The Morgan fingerprint density at radius 3 is 2.33 bits per heavy atom. The maximum atomic E-state index is 12.2. The lowest BCUT2D eigenvalue weighted by molar-refractivity contribution is -0.555. The molecule has 0 aliphatic rings. The van der Waals surface area contributed by atoms with E-state index in [0.717, 1.165) is 6.08 Å². The van der Waals surface area contributed by atoms with Gasteiger partial charge in [0, 0.05) is 13.2 Å². The lowest BCUT2D eigenvalue weighted by Crippen LogP contribution is -2.14. The van der Waals surface area contributed by atoms with Gasteiger partial charge in [0.25, 0.3) is 0 Å². The first-order valence-corrected chi connectivity index (χ1v) is 8.03. The summed E-state index contributed by atoms with van der Waals surface area (Å²) in [6.07, 6.45) is 0.697. The molecule has 0 fully saturated rings. The van der Waals surface area contributed by atoms with Crippen molar-refractivity contribution in [1.82, 2.24) is 0 Å². The molecule has 0 aliphatic carbocycles. The van der Waals surface area contributed by atoms with Gasteiger partial charge >= 0.3 is 12.2 Å². The number of nitrogens with zero attached hydrogens (tertiary/aromatic N) is 1. The molecule has 8 nitrogen and oxygen atoms in total. The first kappa shape index (κ1) is 20.1. The zero-order chi connectivity index (χ0) is 19.6. The molecular formula is C19H19NO7. The van der Waals surface area contributed by atoms with Gasteiger partial charge in [-0.1, -0.05) is 12.1 Å². The van der Waals surface area contributed by atoms with Crippen molar-refractivity contribution in [3.8, 4) is 11.5 Å². The largest absolute Gasteiger partial charge is 0.491 e. The summed E-state index contributed by atoms with van der Waals surface area (Å²) in [6.45, 7) is 0.889. The number of methoxy groups -OCH3 is 1. The predicted molar refractivity (Wildman–Crippen MR) is 97.2 cm³/mol. The maximum Gasteiger partial charge on any atom is 0.343 e. The Hall–Kier alpha value is -3.23. The van der Waals surface area contributed by atoms with Crippen LogP contribution in [0.25, 0.3) is 6.08 Å². The third kappa shape index (κ3) is 6.53. The van der Waals surface area contributed by atoms with Crippen LogP contribution < -0.4 is 9.47 Å². The molecule has 1 N–H and O–H groups in total. The van der Waals surface area contributed by atoms with Gasteiger partial charge in [-0.05, 0) is 48.0 Å². The van der Waals surface area contributed by atoms with Crippen LogP contribution in [0.5, 0.6) is 11.5 Å². The molecule has 0 radical (unpaired) electrons. The summed E-state index contributed by atoms with van der Waals surface area (Å²) in [5.74, 6) is 0.426. The number of aliphatic hydroxyl groups is 1. The number of carbonyl (C=O) groups excluding carboxylic acids is 1. The lowest BCUT2D eigenvalue weighted by atomic mass is 10.2. The highest BCUT2D eigenvalue weighted by molar-refractivity contribution is 5.91. The second-order valence-electron chi connectivity index (χ2n) is 5.38. The molecule has 142 valence electrons. The summed E-state index contributed by atoms with van der Waals surface area (Å²) in [6, 6.07) is 12.9. The number of nitro groups is 1. The molecule has 27 heavy (non-hydrogen) atoms. The van der Waals surface area contributed by atoms with E-state index in [9.17, 15) is 14.9 Å². The van der Waals surface area contributed by atoms with Crippen LogP contribution in [0.2, 0.25) is 0 Å². The summed E-state index contributed by atoms with van der Waals surface area (Å²) in [5, 5.41) is 19.4. The van der Waals surface area contributed by atoms with E-state index in [1.165, 1.54) is 6.08 Å². The van der Waals surface area contributed by atoms with Gasteiger partial charge in [0.1, 0.15) is 18.1 Å². The van der Waals surface area contributed by atoms with Crippen LogP contribution in [0.4, 0.5) is 0 Å². The van der Waals surface area contributed by atoms with Crippen LogP contribution in [0.3, 0.4) is 0 Å². The van der Waals surface area contributed by atoms with Gasteiger partial charge in [0.2, 0.25) is 0 Å². The second-order valence-corrected chi connectivity index (χ2v) is 5.38. The molecule has 0 amide bonds. The number of hydrogen-bond donors (Lipinski definition) is 1. The minimum absolute atomic E-state index is 0.326. The highest BCUT2D eigenvalue weighted by atomic mass is 16.7. The molecule has 8 heteroatoms. The van der Waals surface area contributed by atoms with Crippen LogP contribution in [0.1, 0.15) is 15.9 Å². The fraction of sp³-hybridized carbons (Fsp3) is 0.211. The number of esters is 1. The van der Waals surface area contributed by atoms with Crippen molar-refractivity contribution in [2.24, 2.45) is 0 Å². The van der Waals surface area contributed by atoms with Gasteiger partial charge in [-0.3, -0.25) is 10.1 Å². The van der Waals surface area contributed by atoms with E-state index in [1.807, 2.05) is 0 Å². The van der Waals surface area contributed by atoms with Gasteiger partial charge in [-0.2, -0.15) is 0 Å². The normalized spacial score (nSPS) is 11.9. The molecule has 2 rings (SSSR count). The number of carbonyl (C=O) groups is 1. The van der Waals surface area contributed by atoms with Crippen LogP contribution in [0.15, 0.2) is 54.6 Å². The van der Waals surface area contributed by atoms with Crippen LogP contribution in [0, 0.1) is 10.1 Å². The zero-order valence-electron chi connectivity index (χ0n) is 14.6. The Kier molecular flexibility index (Phi) is 7.48. The number of hydrogen-bond acceptors (Lipinski definition) is 7. The number of ether oxygens (including phenoxy) is 3. The average molecular weight is 373 g/mol. The van der Waals surface area contributed by atoms with Crippen LogP contribution in [-0.2, 0) is 4.74 Å². The Bertz CT molecular complexity index is 785. The molecule has 0 aliphatic heterocycles. The maximum absolute atomic E-state index is 12.2. The van der Waals surface area contributed by atoms with Gasteiger partial charge in [-0.25, -0.2) is 4.79 Å². The van der Waals surface area contributed by atoms with Crippen molar-refractivity contribution in [2.45, 2.75) is 6.23 Å². The molecule has 0 heterocycles. The average Bonchev–Trinajstić information content (AvgIpc) is 2.67. The van der Waals surface area contributed by atoms with Crippen LogP contribution >= 0.6 is 0 Å². The third-order valence-corrected chi connectivity index (χ3v) is 3.41. The van der Waals surface area contributed by atoms with Crippen molar-refractivity contribution < 1.29 is 29.0 Å². The number of rotatable bonds is 9. The lowest BCUT2D eigenvalue weighted by Gasteiger charge is -2.07. The van der Waals surface area contributed by atoms with Crippen molar-refractivity contribution in [2.75, 3.05) is 20.3 Å². The fourth-order valence-electron chi connectivity index (χ4n) is 2.01. The van der Waals surface area contributed by atoms with Crippen molar-refractivity contribution in [3.63, 3.8) is 0 Å². The molecule has 0 saturated carbocycles. The van der Waals surface area contributed by atoms with E-state index >= 15 is 0 Å². The minimum atomic E-state index is -1.76. The van der Waals surface area contributed by atoms with E-state index in [4.69, 9.17) is 19.3 Å². The van der Waals surface area contributed by atoms with E-state index in [-0.39, 0.29) is 0 Å². The highest BCUT2D eigenvalue weighted by Gasteiger charge is 2.10. The molecule has 0 spiro atoms. The smallest absolute Gasteiger partial charge is 0.343 e. The number of benzene rings is 2. The summed E-state index contributed by atoms with van der Waals surface area (Å²) in [7, 11) is 1.58. The monoisotopic (exact) mass is 373 g/mol. The van der Waals surface area contributed by atoms with E-state index < -0.39 is 17.1 Å². The van der Waals surface area contributed by atoms with E-state index in [2.05, 4.69) is 0 Å². The molecular weight excluding hydrogens is 354 g/mol. The van der Waals surface area contributed by atoms with Gasteiger partial charge in [0.15, 0.2) is 0 Å². The Balaban J connectivity index is 1.92. The molecule has 1 atom stereocenters. The van der Waals surface area contributed by atoms with Gasteiger partial charge in [0.05, 0.1) is 17.1 Å². The first-order valence-electron chi connectivity index (χ1n) is 8.03. The van der Waals surface area contributed by atoms with Crippen LogP contribution in [-0.4, -0.2) is 42.6 Å². The molecule has 0 aromatic heterocycles. The molecule has 2 aromatic carbocycles. The fourth-order valence-corrected chi connectivity index (χ4v) is 2.01. The Morgan fingerprint density at radius 1 is 1.11 bits per heavy atom. The standard InChI is InChI=1S/C19H19NO7/c1-25-12-13-26-16-9-5-15(6-10-16)19(22)27-17-7-2-14(3-8-17)4-11-18(21)20(23)24/h2-11,18,21H,12-13H2,1H3/b11-4+. The second kappa shape index (κ2) is 10.0. The third-order valence-electron chi connectivity index (χ3n) is 3.41. The summed E-state index contributed by atoms with van der Waals surface area (Å²) in [5.41, 5.74) is 0.987. The Labute approximate surface area is 155 Å². The van der Waals surface area contributed by atoms with E-state index in [1.54, 1.807) is 55.6 Å². The topological polar surface area (TPSA) is 108 Å². The van der Waals surface area contributed by atoms with E-state index in [0.29, 0.717) is 35.8 Å². The highest BCUT2D eigenvalue weighted by Crippen LogP contribution is 2.17. The van der Waals surface area contributed by atoms with Crippen molar-refractivity contribution in [1.29, 1.82) is 0 Å². The summed E-state index contributed by atoms with van der Waals surface area (Å²) >= 11 is 0. The molecule has 2 aromatic rings. The minimum Gasteiger partial charge on any atom is -0.491 e. The SMILES string of the molecule is COCCOc1ccc(C(=O)Oc2ccc(/C=C/C(O)[N+](=O)[O-])cc2)cc1. The first-order chi connectivity index (χ1) is 13.0. The number of aliphatic hydroxyl groups excluding tert-OH is 1. The quantitative estimate of drug-likeness (QED) is 0.180. The molecule has 1 unspecified atom stereocenters. The molecule has 0 bridgehead atoms. The summed E-state index contributed by atoms with van der Waals surface area (Å²) < 4.78 is 15.6. The zero-order valence-corrected chi connectivity index (χ0v) is 14.6. The van der Waals surface area contributed by atoms with Crippen molar-refractivity contribution in [3.05, 3.63) is 75.8 Å². The van der Waals surface area contributed by atoms with Crippen molar-refractivity contribution >= 4 is 12.0 Å². The molecule has 0 saturated heterocycles. The predicted octanol–water partition coefficient (Wildman–Crippen LogP) is 2.54.